The van der Waals surface area contributed by atoms with Gasteiger partial charge in [0.2, 0.25) is 0 Å². The SMILES string of the molecule is Cc1cc(C(=O)N/N=C\c2cc(Br)c(Br)o2)n[nH]1. The molecule has 0 radical (unpaired) electrons. The first kappa shape index (κ1) is 13.0. The maximum atomic E-state index is 11.6. The molecule has 0 fully saturated rings. The smallest absolute Gasteiger partial charge is 0.291 e. The van der Waals surface area contributed by atoms with Crippen molar-refractivity contribution in [1.29, 1.82) is 0 Å². The van der Waals surface area contributed by atoms with Crippen molar-refractivity contribution < 1.29 is 9.21 Å². The first-order valence-electron chi connectivity index (χ1n) is 4.86. The number of rotatable bonds is 3. The maximum Gasteiger partial charge on any atom is 0.291 e. The predicted molar refractivity (Wildman–Crippen MR) is 72.5 cm³/mol. The summed E-state index contributed by atoms with van der Waals surface area (Å²) in [4.78, 5) is 11.6. The second-order valence-corrected chi connectivity index (χ2v) is 4.98. The zero-order valence-electron chi connectivity index (χ0n) is 9.20. The molecule has 0 aliphatic carbocycles. The Bertz CT molecular complexity index is 583. The third-order valence-electron chi connectivity index (χ3n) is 1.96. The minimum atomic E-state index is -0.389. The number of carbonyl (C=O) groups excluding carboxylic acids is 1. The van der Waals surface area contributed by atoms with Crippen molar-refractivity contribution in [2.45, 2.75) is 6.92 Å². The lowest BCUT2D eigenvalue weighted by Crippen LogP contribution is -2.17. The standard InChI is InChI=1S/C10H8Br2N4O2/c1-5-2-8(15-14-5)10(17)16-13-4-6-3-7(11)9(12)18-6/h2-4H,1H3,(H,14,15)(H,16,17)/b13-4-. The lowest BCUT2D eigenvalue weighted by atomic mass is 10.4. The number of halogens is 2. The lowest BCUT2D eigenvalue weighted by molar-refractivity contribution is 0.0950. The molecule has 2 rings (SSSR count). The van der Waals surface area contributed by atoms with Crippen LogP contribution in [0.5, 0.6) is 0 Å². The molecule has 0 aliphatic rings. The third-order valence-corrected chi connectivity index (χ3v) is 3.67. The Morgan fingerprint density at radius 3 is 2.89 bits per heavy atom. The van der Waals surface area contributed by atoms with Crippen LogP contribution in [-0.4, -0.2) is 22.3 Å². The van der Waals surface area contributed by atoms with Crippen LogP contribution in [0.4, 0.5) is 0 Å². The number of hydrazone groups is 1. The minimum Gasteiger partial charge on any atom is -0.447 e. The summed E-state index contributed by atoms with van der Waals surface area (Å²) in [6.45, 7) is 1.81. The average Bonchev–Trinajstić information content (AvgIpc) is 2.87. The zero-order chi connectivity index (χ0) is 13.1. The molecular formula is C10H8Br2N4O2. The van der Waals surface area contributed by atoms with E-state index >= 15 is 0 Å². The van der Waals surface area contributed by atoms with Gasteiger partial charge in [-0.1, -0.05) is 0 Å². The molecule has 0 saturated carbocycles. The summed E-state index contributed by atoms with van der Waals surface area (Å²) in [5, 5.41) is 10.3. The van der Waals surface area contributed by atoms with Gasteiger partial charge >= 0.3 is 0 Å². The lowest BCUT2D eigenvalue weighted by Gasteiger charge is -1.92. The molecule has 18 heavy (non-hydrogen) atoms. The minimum absolute atomic E-state index is 0.284. The van der Waals surface area contributed by atoms with Crippen LogP contribution in [0.15, 0.2) is 30.8 Å². The van der Waals surface area contributed by atoms with Crippen molar-refractivity contribution in [2.24, 2.45) is 5.10 Å². The van der Waals surface area contributed by atoms with Crippen LogP contribution in [0.2, 0.25) is 0 Å². The highest BCUT2D eigenvalue weighted by atomic mass is 79.9. The van der Waals surface area contributed by atoms with Crippen LogP contribution < -0.4 is 5.43 Å². The molecule has 2 N–H and O–H groups in total. The number of aromatic amines is 1. The molecule has 8 heteroatoms. The number of H-pyrrole nitrogens is 1. The number of furan rings is 1. The Balaban J connectivity index is 1.97. The Hall–Kier alpha value is -1.41. The van der Waals surface area contributed by atoms with Crippen molar-refractivity contribution in [1.82, 2.24) is 15.6 Å². The molecule has 0 spiro atoms. The van der Waals surface area contributed by atoms with Crippen LogP contribution in [0.25, 0.3) is 0 Å². The van der Waals surface area contributed by atoms with Gasteiger partial charge in [-0.25, -0.2) is 5.43 Å². The van der Waals surface area contributed by atoms with E-state index in [1.807, 2.05) is 6.92 Å². The van der Waals surface area contributed by atoms with Gasteiger partial charge in [0, 0.05) is 11.8 Å². The van der Waals surface area contributed by atoms with E-state index in [0.29, 0.717) is 10.4 Å². The van der Waals surface area contributed by atoms with Gasteiger partial charge in [0.05, 0.1) is 10.7 Å². The van der Waals surface area contributed by atoms with Gasteiger partial charge in [-0.05, 0) is 44.8 Å². The van der Waals surface area contributed by atoms with E-state index in [0.717, 1.165) is 10.2 Å². The quantitative estimate of drug-likeness (QED) is 0.638. The first-order valence-corrected chi connectivity index (χ1v) is 6.45. The van der Waals surface area contributed by atoms with E-state index in [1.165, 1.54) is 6.21 Å². The fraction of sp³-hybridized carbons (Fsp3) is 0.100. The number of aromatic nitrogens is 2. The molecule has 2 heterocycles. The summed E-state index contributed by atoms with van der Waals surface area (Å²) in [6, 6.07) is 3.35. The molecule has 6 nitrogen and oxygen atoms in total. The van der Waals surface area contributed by atoms with Gasteiger partial charge in [-0.3, -0.25) is 9.89 Å². The highest BCUT2D eigenvalue weighted by molar-refractivity contribution is 9.13. The highest BCUT2D eigenvalue weighted by Crippen LogP contribution is 2.25. The summed E-state index contributed by atoms with van der Waals surface area (Å²) in [6.07, 6.45) is 1.40. The molecule has 94 valence electrons. The van der Waals surface area contributed by atoms with Crippen molar-refractivity contribution >= 4 is 44.0 Å². The topological polar surface area (TPSA) is 83.3 Å². The molecular weight excluding hydrogens is 368 g/mol. The number of hydrogen-bond donors (Lipinski definition) is 2. The van der Waals surface area contributed by atoms with Crippen molar-refractivity contribution in [2.75, 3.05) is 0 Å². The molecule has 0 aromatic carbocycles. The third kappa shape index (κ3) is 3.08. The van der Waals surface area contributed by atoms with Crippen molar-refractivity contribution in [3.05, 3.63) is 38.4 Å². The van der Waals surface area contributed by atoms with Gasteiger partial charge in [-0.15, -0.1) is 0 Å². The van der Waals surface area contributed by atoms with Crippen LogP contribution in [0.1, 0.15) is 21.9 Å². The van der Waals surface area contributed by atoms with Crippen LogP contribution in [-0.2, 0) is 0 Å². The van der Waals surface area contributed by atoms with E-state index in [1.54, 1.807) is 12.1 Å². The predicted octanol–water partition coefficient (Wildman–Crippen LogP) is 2.60. The van der Waals surface area contributed by atoms with Gasteiger partial charge in [0.15, 0.2) is 10.4 Å². The van der Waals surface area contributed by atoms with Crippen LogP contribution in [0.3, 0.4) is 0 Å². The number of nitrogens with zero attached hydrogens (tertiary/aromatic N) is 2. The van der Waals surface area contributed by atoms with E-state index in [2.05, 4.69) is 52.6 Å². The van der Waals surface area contributed by atoms with E-state index in [4.69, 9.17) is 4.42 Å². The van der Waals surface area contributed by atoms with Gasteiger partial charge in [0.1, 0.15) is 5.76 Å². The van der Waals surface area contributed by atoms with Crippen molar-refractivity contribution in [3.8, 4) is 0 Å². The molecule has 0 saturated heterocycles. The Morgan fingerprint density at radius 1 is 1.56 bits per heavy atom. The number of hydrogen-bond acceptors (Lipinski definition) is 4. The summed E-state index contributed by atoms with van der Waals surface area (Å²) in [7, 11) is 0. The molecule has 0 unspecified atom stereocenters. The monoisotopic (exact) mass is 374 g/mol. The highest BCUT2D eigenvalue weighted by Gasteiger charge is 2.08. The van der Waals surface area contributed by atoms with E-state index in [9.17, 15) is 4.79 Å². The largest absolute Gasteiger partial charge is 0.447 e. The fourth-order valence-corrected chi connectivity index (χ4v) is 1.78. The molecule has 2 aromatic rings. The molecule has 0 atom stereocenters. The zero-order valence-corrected chi connectivity index (χ0v) is 12.4. The summed E-state index contributed by atoms with van der Waals surface area (Å²) < 4.78 is 6.60. The van der Waals surface area contributed by atoms with Crippen molar-refractivity contribution in [3.63, 3.8) is 0 Å². The normalized spacial score (nSPS) is 11.1. The van der Waals surface area contributed by atoms with E-state index in [-0.39, 0.29) is 11.6 Å². The Labute approximate surface area is 119 Å². The van der Waals surface area contributed by atoms with Crippen LogP contribution >= 0.6 is 31.9 Å². The van der Waals surface area contributed by atoms with Gasteiger partial charge in [-0.2, -0.15) is 10.2 Å². The van der Waals surface area contributed by atoms with Gasteiger partial charge < -0.3 is 4.42 Å². The summed E-state index contributed by atoms with van der Waals surface area (Å²) in [5.74, 6) is 0.118. The maximum absolute atomic E-state index is 11.6. The average molecular weight is 376 g/mol. The number of amides is 1. The first-order chi connectivity index (χ1) is 8.56. The molecule has 0 aliphatic heterocycles. The number of aryl methyl sites for hydroxylation is 1. The fourth-order valence-electron chi connectivity index (χ4n) is 1.17. The molecule has 0 bridgehead atoms. The number of nitrogens with one attached hydrogen (secondary N) is 2. The summed E-state index contributed by atoms with van der Waals surface area (Å²) in [5.41, 5.74) is 3.44. The second kappa shape index (κ2) is 5.49. The molecule has 1 amide bonds. The number of carbonyl (C=O) groups is 1. The Morgan fingerprint density at radius 2 is 2.33 bits per heavy atom. The van der Waals surface area contributed by atoms with Gasteiger partial charge in [0.25, 0.3) is 5.91 Å². The van der Waals surface area contributed by atoms with E-state index < -0.39 is 0 Å². The second-order valence-electron chi connectivity index (χ2n) is 3.41. The van der Waals surface area contributed by atoms with Crippen LogP contribution in [0, 0.1) is 6.92 Å². The Kier molecular flexibility index (Phi) is 3.97. The molecule has 2 aromatic heterocycles. The summed E-state index contributed by atoms with van der Waals surface area (Å²) >= 11 is 6.47.